The van der Waals surface area contributed by atoms with E-state index in [4.69, 9.17) is 5.26 Å². The molecule has 0 saturated heterocycles. The summed E-state index contributed by atoms with van der Waals surface area (Å²) in [6, 6.07) is 15.4. The predicted octanol–water partition coefficient (Wildman–Crippen LogP) is 4.75. The van der Waals surface area contributed by atoms with Gasteiger partial charge in [-0.1, -0.05) is 19.1 Å². The highest BCUT2D eigenvalue weighted by Gasteiger charge is 2.34. The van der Waals surface area contributed by atoms with E-state index in [0.717, 1.165) is 10.6 Å². The van der Waals surface area contributed by atoms with E-state index in [0.29, 0.717) is 22.4 Å². The third kappa shape index (κ3) is 3.94. The first-order valence-electron chi connectivity index (χ1n) is 9.44. The summed E-state index contributed by atoms with van der Waals surface area (Å²) in [5.41, 5.74) is 0.989. The number of sulfone groups is 1. The molecule has 3 heterocycles. The maximum absolute atomic E-state index is 13.0. The fourth-order valence-electron chi connectivity index (χ4n) is 3.25. The second-order valence-electron chi connectivity index (χ2n) is 6.95. The predicted molar refractivity (Wildman–Crippen MR) is 111 cm³/mol. The molecule has 0 aliphatic rings. The molecular formula is C22H15F3N4O2S. The molecule has 10 heteroatoms. The largest absolute Gasteiger partial charge is 0.435 e. The van der Waals surface area contributed by atoms with E-state index in [1.807, 2.05) is 6.07 Å². The molecule has 0 fully saturated rings. The number of hydrogen-bond acceptors (Lipinski definition) is 5. The summed E-state index contributed by atoms with van der Waals surface area (Å²) in [6.45, 7) is 1.50. The molecule has 0 aliphatic heterocycles. The van der Waals surface area contributed by atoms with Crippen molar-refractivity contribution < 1.29 is 21.6 Å². The molecule has 0 unspecified atom stereocenters. The van der Waals surface area contributed by atoms with Crippen molar-refractivity contribution in [1.82, 2.24) is 14.6 Å². The van der Waals surface area contributed by atoms with Crippen LogP contribution in [-0.2, 0) is 16.0 Å². The summed E-state index contributed by atoms with van der Waals surface area (Å²) in [6.07, 6.45) is -3.28. The monoisotopic (exact) mass is 456 g/mol. The van der Waals surface area contributed by atoms with Crippen molar-refractivity contribution in [2.75, 3.05) is 5.75 Å². The lowest BCUT2D eigenvalue weighted by Gasteiger charge is -2.12. The van der Waals surface area contributed by atoms with Gasteiger partial charge in [-0.2, -0.15) is 23.5 Å². The zero-order valence-electron chi connectivity index (χ0n) is 16.6. The van der Waals surface area contributed by atoms with Gasteiger partial charge in [0.2, 0.25) is 0 Å². The van der Waals surface area contributed by atoms with Gasteiger partial charge in [-0.25, -0.2) is 17.9 Å². The number of hydrogen-bond donors (Lipinski definition) is 0. The maximum atomic E-state index is 13.0. The number of halogens is 3. The Labute approximate surface area is 181 Å². The normalized spacial score (nSPS) is 12.1. The van der Waals surface area contributed by atoms with E-state index < -0.39 is 21.7 Å². The molecule has 4 aromatic rings. The van der Waals surface area contributed by atoms with Crippen molar-refractivity contribution in [2.45, 2.75) is 18.0 Å². The lowest BCUT2D eigenvalue weighted by atomic mass is 10.1. The number of fused-ring (bicyclic) bond motifs is 1. The van der Waals surface area contributed by atoms with Crippen LogP contribution in [0.5, 0.6) is 0 Å². The standard InChI is InChI=1S/C22H15F3N4O2S/c1-2-32(30,31)19-7-6-18(15-5-3-4-14(10-15)13-26)27-21(19)16-8-9-29-17(11-16)12-20(28-29)22(23,24)25/h3-12H,2H2,1H3. The number of nitrogens with zero attached hydrogens (tertiary/aromatic N) is 4. The third-order valence-corrected chi connectivity index (χ3v) is 6.65. The molecule has 0 amide bonds. The quantitative estimate of drug-likeness (QED) is 0.442. The number of benzene rings is 1. The van der Waals surface area contributed by atoms with Crippen LogP contribution in [0.15, 0.2) is 65.7 Å². The van der Waals surface area contributed by atoms with Crippen LogP contribution in [-0.4, -0.2) is 28.8 Å². The molecule has 32 heavy (non-hydrogen) atoms. The Morgan fingerprint density at radius 3 is 2.53 bits per heavy atom. The lowest BCUT2D eigenvalue weighted by Crippen LogP contribution is -2.07. The molecule has 0 saturated carbocycles. The number of alkyl halides is 3. The first-order valence-corrected chi connectivity index (χ1v) is 11.1. The number of pyridine rings is 2. The topological polar surface area (TPSA) is 88.1 Å². The first kappa shape index (κ1) is 21.5. The van der Waals surface area contributed by atoms with Crippen molar-refractivity contribution in [1.29, 1.82) is 5.26 Å². The Morgan fingerprint density at radius 1 is 1.06 bits per heavy atom. The van der Waals surface area contributed by atoms with E-state index in [9.17, 15) is 21.6 Å². The van der Waals surface area contributed by atoms with Crippen LogP contribution in [0.25, 0.3) is 28.0 Å². The average molecular weight is 456 g/mol. The van der Waals surface area contributed by atoms with Crippen LogP contribution in [0.3, 0.4) is 0 Å². The van der Waals surface area contributed by atoms with Crippen LogP contribution in [0, 0.1) is 11.3 Å². The van der Waals surface area contributed by atoms with Crippen molar-refractivity contribution in [3.63, 3.8) is 0 Å². The van der Waals surface area contributed by atoms with Gasteiger partial charge in [0.25, 0.3) is 0 Å². The van der Waals surface area contributed by atoms with Gasteiger partial charge in [0.15, 0.2) is 15.5 Å². The zero-order chi connectivity index (χ0) is 23.1. The molecule has 0 aliphatic carbocycles. The van der Waals surface area contributed by atoms with Crippen LogP contribution in [0.2, 0.25) is 0 Å². The molecule has 4 rings (SSSR count). The Kier molecular flexibility index (Phi) is 5.22. The van der Waals surface area contributed by atoms with Gasteiger partial charge < -0.3 is 0 Å². The molecular weight excluding hydrogens is 441 g/mol. The van der Waals surface area contributed by atoms with E-state index in [-0.39, 0.29) is 21.9 Å². The Morgan fingerprint density at radius 2 is 1.84 bits per heavy atom. The fraction of sp³-hybridized carbons (Fsp3) is 0.136. The third-order valence-electron chi connectivity index (χ3n) is 4.89. The van der Waals surface area contributed by atoms with Crippen molar-refractivity contribution in [3.05, 3.63) is 72.1 Å². The van der Waals surface area contributed by atoms with Crippen molar-refractivity contribution >= 4 is 15.4 Å². The van der Waals surface area contributed by atoms with Crippen LogP contribution >= 0.6 is 0 Å². The summed E-state index contributed by atoms with van der Waals surface area (Å²) < 4.78 is 65.5. The van der Waals surface area contributed by atoms with Crippen molar-refractivity contribution in [2.24, 2.45) is 0 Å². The summed E-state index contributed by atoms with van der Waals surface area (Å²) in [5, 5.41) is 12.7. The Hall–Kier alpha value is -3.71. The van der Waals surface area contributed by atoms with Crippen LogP contribution in [0.4, 0.5) is 13.2 Å². The van der Waals surface area contributed by atoms with Gasteiger partial charge in [-0.15, -0.1) is 0 Å². The van der Waals surface area contributed by atoms with Gasteiger partial charge in [0.05, 0.1) is 39.2 Å². The molecule has 0 N–H and O–H groups in total. The van der Waals surface area contributed by atoms with Gasteiger partial charge >= 0.3 is 6.18 Å². The van der Waals surface area contributed by atoms with E-state index in [2.05, 4.69) is 10.1 Å². The minimum atomic E-state index is -4.60. The van der Waals surface area contributed by atoms with Gasteiger partial charge in [0.1, 0.15) is 0 Å². The Balaban J connectivity index is 1.93. The molecule has 0 atom stereocenters. The SMILES string of the molecule is CCS(=O)(=O)c1ccc(-c2cccc(C#N)c2)nc1-c1ccn2nc(C(F)(F)F)cc2c1. The second-order valence-corrected chi connectivity index (χ2v) is 9.20. The van der Waals surface area contributed by atoms with E-state index >= 15 is 0 Å². The summed E-state index contributed by atoms with van der Waals surface area (Å²) >= 11 is 0. The highest BCUT2D eigenvalue weighted by Crippen LogP contribution is 2.33. The number of rotatable bonds is 4. The Bertz CT molecular complexity index is 1490. The molecule has 1 aromatic carbocycles. The molecule has 3 aromatic heterocycles. The summed E-state index contributed by atoms with van der Waals surface area (Å²) in [4.78, 5) is 4.50. The summed E-state index contributed by atoms with van der Waals surface area (Å²) in [5.74, 6) is -0.169. The first-order chi connectivity index (χ1) is 15.1. The average Bonchev–Trinajstić information content (AvgIpc) is 3.23. The maximum Gasteiger partial charge on any atom is 0.435 e. The molecule has 0 radical (unpaired) electrons. The highest BCUT2D eigenvalue weighted by atomic mass is 32.2. The van der Waals surface area contributed by atoms with Gasteiger partial charge in [-0.05, 0) is 42.5 Å². The lowest BCUT2D eigenvalue weighted by molar-refractivity contribution is -0.141. The van der Waals surface area contributed by atoms with Crippen molar-refractivity contribution in [3.8, 4) is 28.6 Å². The van der Waals surface area contributed by atoms with E-state index in [1.165, 1.54) is 31.3 Å². The van der Waals surface area contributed by atoms with E-state index in [1.54, 1.807) is 30.3 Å². The minimum absolute atomic E-state index is 0.0277. The molecule has 6 nitrogen and oxygen atoms in total. The van der Waals surface area contributed by atoms with Crippen LogP contribution in [0.1, 0.15) is 18.2 Å². The molecule has 0 spiro atoms. The molecule has 0 bridgehead atoms. The smallest absolute Gasteiger partial charge is 0.246 e. The zero-order valence-corrected chi connectivity index (χ0v) is 17.4. The molecule has 162 valence electrons. The highest BCUT2D eigenvalue weighted by molar-refractivity contribution is 7.91. The summed E-state index contributed by atoms with van der Waals surface area (Å²) in [7, 11) is -3.68. The second kappa shape index (κ2) is 7.76. The van der Waals surface area contributed by atoms with Crippen LogP contribution < -0.4 is 0 Å². The van der Waals surface area contributed by atoms with Gasteiger partial charge in [0, 0.05) is 17.3 Å². The number of aromatic nitrogens is 3. The minimum Gasteiger partial charge on any atom is -0.246 e. The van der Waals surface area contributed by atoms with Gasteiger partial charge in [-0.3, -0.25) is 0 Å². The number of nitriles is 1. The fourth-order valence-corrected chi connectivity index (χ4v) is 4.29.